The molecule has 0 unspecified atom stereocenters. The van der Waals surface area contributed by atoms with E-state index in [1.165, 1.54) is 18.5 Å². The Bertz CT molecular complexity index is 794. The number of benzene rings is 1. The molecule has 6 nitrogen and oxygen atoms in total. The Morgan fingerprint density at radius 3 is 2.73 bits per heavy atom. The molecular weight excluding hydrogens is 335 g/mol. The third-order valence-corrected chi connectivity index (χ3v) is 4.59. The lowest BCUT2D eigenvalue weighted by atomic mass is 10.0. The molecule has 1 aliphatic carbocycles. The number of rotatable bonds is 5. The minimum Gasteiger partial charge on any atom is -0.352 e. The first-order valence-electron chi connectivity index (χ1n) is 8.65. The molecule has 0 bridgehead atoms. The number of hydrogen-bond donors (Lipinski definition) is 2. The fraction of sp³-hybridized carbons (Fsp3) is 0.368. The van der Waals surface area contributed by atoms with E-state index >= 15 is 0 Å². The van der Waals surface area contributed by atoms with Gasteiger partial charge >= 0.3 is 0 Å². The Balaban J connectivity index is 1.58. The number of hydrogen-bond acceptors (Lipinski definition) is 4. The lowest BCUT2D eigenvalue weighted by molar-refractivity contribution is -0.125. The van der Waals surface area contributed by atoms with E-state index in [0.717, 1.165) is 18.5 Å². The van der Waals surface area contributed by atoms with Crippen molar-refractivity contribution in [2.24, 2.45) is 5.92 Å². The van der Waals surface area contributed by atoms with E-state index in [-0.39, 0.29) is 41.8 Å². The maximum absolute atomic E-state index is 13.7. The second-order valence-electron chi connectivity index (χ2n) is 6.47. The minimum atomic E-state index is -0.345. The van der Waals surface area contributed by atoms with Crippen LogP contribution in [0.2, 0.25) is 0 Å². The van der Waals surface area contributed by atoms with Crippen LogP contribution in [0.15, 0.2) is 36.7 Å². The lowest BCUT2D eigenvalue weighted by Crippen LogP contribution is -2.44. The highest BCUT2D eigenvalue weighted by Crippen LogP contribution is 2.26. The van der Waals surface area contributed by atoms with Gasteiger partial charge in [-0.3, -0.25) is 14.6 Å². The molecule has 0 aliphatic heterocycles. The fourth-order valence-corrected chi connectivity index (χ4v) is 3.15. The van der Waals surface area contributed by atoms with Crippen molar-refractivity contribution in [3.05, 3.63) is 59.4 Å². The monoisotopic (exact) mass is 356 g/mol. The Hall–Kier alpha value is -2.83. The number of carbonyl (C=O) groups is 2. The van der Waals surface area contributed by atoms with Crippen molar-refractivity contribution >= 4 is 11.8 Å². The van der Waals surface area contributed by atoms with Gasteiger partial charge in [0.15, 0.2) is 0 Å². The van der Waals surface area contributed by atoms with Crippen molar-refractivity contribution in [1.29, 1.82) is 0 Å². The standard InChI is InChI=1S/C19H21FN4O2/c1-12-9-22-17(11-21-12)19(26)24-16-8-4-6-14(16)18(25)23-10-13-5-2-3-7-15(13)20/h2-3,5,7,9,11,14,16H,4,6,8,10H2,1H3,(H,23,25)(H,24,26)/t14-,16+/m0/s1. The first kappa shape index (κ1) is 18.0. The van der Waals surface area contributed by atoms with Crippen LogP contribution >= 0.6 is 0 Å². The van der Waals surface area contributed by atoms with Gasteiger partial charge < -0.3 is 10.6 Å². The van der Waals surface area contributed by atoms with Crippen molar-refractivity contribution in [2.45, 2.75) is 38.8 Å². The van der Waals surface area contributed by atoms with Gasteiger partial charge in [-0.15, -0.1) is 0 Å². The van der Waals surface area contributed by atoms with E-state index < -0.39 is 0 Å². The van der Waals surface area contributed by atoms with Crippen LogP contribution < -0.4 is 10.6 Å². The number of nitrogens with zero attached hydrogens (tertiary/aromatic N) is 2. The molecule has 1 aromatic heterocycles. The SMILES string of the molecule is Cc1cnc(C(=O)N[C@@H]2CCC[C@@H]2C(=O)NCc2ccccc2F)cn1. The number of carbonyl (C=O) groups excluding carboxylic acids is 2. The third-order valence-electron chi connectivity index (χ3n) is 4.59. The van der Waals surface area contributed by atoms with Crippen LogP contribution in [-0.4, -0.2) is 27.8 Å². The average molecular weight is 356 g/mol. The summed E-state index contributed by atoms with van der Waals surface area (Å²) < 4.78 is 13.7. The Labute approximate surface area is 151 Å². The van der Waals surface area contributed by atoms with Gasteiger partial charge in [0, 0.05) is 24.3 Å². The predicted molar refractivity (Wildman–Crippen MR) is 93.6 cm³/mol. The maximum Gasteiger partial charge on any atom is 0.271 e. The van der Waals surface area contributed by atoms with Gasteiger partial charge in [0.2, 0.25) is 5.91 Å². The Kier molecular flexibility index (Phi) is 5.55. The highest BCUT2D eigenvalue weighted by atomic mass is 19.1. The second kappa shape index (κ2) is 8.03. The summed E-state index contributed by atoms with van der Waals surface area (Å²) in [4.78, 5) is 32.9. The summed E-state index contributed by atoms with van der Waals surface area (Å²) in [5.74, 6) is -1.19. The van der Waals surface area contributed by atoms with Crippen LogP contribution in [-0.2, 0) is 11.3 Å². The molecule has 3 rings (SSSR count). The van der Waals surface area contributed by atoms with E-state index in [1.807, 2.05) is 0 Å². The number of aryl methyl sites for hydroxylation is 1. The summed E-state index contributed by atoms with van der Waals surface area (Å²) in [7, 11) is 0. The Morgan fingerprint density at radius 1 is 1.19 bits per heavy atom. The molecule has 1 saturated carbocycles. The van der Waals surface area contributed by atoms with Crippen LogP contribution in [0.1, 0.15) is 41.0 Å². The molecule has 136 valence electrons. The highest BCUT2D eigenvalue weighted by Gasteiger charge is 2.34. The van der Waals surface area contributed by atoms with Gasteiger partial charge in [0.05, 0.1) is 17.8 Å². The summed E-state index contributed by atoms with van der Waals surface area (Å²) in [5.41, 5.74) is 1.40. The molecule has 7 heteroatoms. The number of amides is 2. The van der Waals surface area contributed by atoms with Crippen LogP contribution in [0.5, 0.6) is 0 Å². The molecule has 2 N–H and O–H groups in total. The lowest BCUT2D eigenvalue weighted by Gasteiger charge is -2.20. The Morgan fingerprint density at radius 2 is 2.00 bits per heavy atom. The fourth-order valence-electron chi connectivity index (χ4n) is 3.15. The largest absolute Gasteiger partial charge is 0.352 e. The zero-order valence-electron chi connectivity index (χ0n) is 14.5. The molecule has 2 atom stereocenters. The number of halogens is 1. The molecule has 2 aromatic rings. The van der Waals surface area contributed by atoms with Crippen molar-refractivity contribution in [1.82, 2.24) is 20.6 Å². The van der Waals surface area contributed by atoms with E-state index in [9.17, 15) is 14.0 Å². The normalized spacial score (nSPS) is 19.2. The summed E-state index contributed by atoms with van der Waals surface area (Å²) in [6, 6.07) is 6.08. The predicted octanol–water partition coefficient (Wildman–Crippen LogP) is 2.14. The van der Waals surface area contributed by atoms with Gasteiger partial charge in [-0.2, -0.15) is 0 Å². The summed E-state index contributed by atoms with van der Waals surface area (Å²) in [6.45, 7) is 1.92. The number of nitrogens with one attached hydrogen (secondary N) is 2. The summed E-state index contributed by atoms with van der Waals surface area (Å²) >= 11 is 0. The van der Waals surface area contributed by atoms with Crippen LogP contribution in [0.3, 0.4) is 0 Å². The summed E-state index contributed by atoms with van der Waals surface area (Å²) in [5, 5.41) is 5.65. The van der Waals surface area contributed by atoms with Gasteiger partial charge in [-0.05, 0) is 25.8 Å². The van der Waals surface area contributed by atoms with Crippen LogP contribution in [0.4, 0.5) is 4.39 Å². The summed E-state index contributed by atoms with van der Waals surface area (Å²) in [6.07, 6.45) is 5.22. The van der Waals surface area contributed by atoms with Crippen LogP contribution in [0.25, 0.3) is 0 Å². The molecule has 26 heavy (non-hydrogen) atoms. The smallest absolute Gasteiger partial charge is 0.271 e. The maximum atomic E-state index is 13.7. The molecule has 1 heterocycles. The van der Waals surface area contributed by atoms with Crippen LogP contribution in [0, 0.1) is 18.7 Å². The molecule has 0 spiro atoms. The van der Waals surface area contributed by atoms with Crippen molar-refractivity contribution in [2.75, 3.05) is 0 Å². The molecule has 0 radical (unpaired) electrons. The number of aromatic nitrogens is 2. The van der Waals surface area contributed by atoms with Crippen molar-refractivity contribution in [3.8, 4) is 0 Å². The molecule has 2 amide bonds. The van der Waals surface area contributed by atoms with E-state index in [4.69, 9.17) is 0 Å². The molecular formula is C19H21FN4O2. The first-order valence-corrected chi connectivity index (χ1v) is 8.65. The first-order chi connectivity index (χ1) is 12.5. The molecule has 0 saturated heterocycles. The zero-order chi connectivity index (χ0) is 18.5. The molecule has 1 fully saturated rings. The van der Waals surface area contributed by atoms with Gasteiger partial charge in [-0.25, -0.2) is 9.37 Å². The topological polar surface area (TPSA) is 84.0 Å². The third kappa shape index (κ3) is 4.22. The molecule has 1 aromatic carbocycles. The van der Waals surface area contributed by atoms with Gasteiger partial charge in [0.25, 0.3) is 5.91 Å². The minimum absolute atomic E-state index is 0.131. The molecule has 1 aliphatic rings. The second-order valence-corrected chi connectivity index (χ2v) is 6.47. The van der Waals surface area contributed by atoms with Crippen molar-refractivity contribution in [3.63, 3.8) is 0 Å². The zero-order valence-corrected chi connectivity index (χ0v) is 14.5. The highest BCUT2D eigenvalue weighted by molar-refractivity contribution is 5.92. The van der Waals surface area contributed by atoms with E-state index in [1.54, 1.807) is 25.1 Å². The van der Waals surface area contributed by atoms with E-state index in [2.05, 4.69) is 20.6 Å². The quantitative estimate of drug-likeness (QED) is 0.860. The van der Waals surface area contributed by atoms with Gasteiger partial charge in [0.1, 0.15) is 11.5 Å². The average Bonchev–Trinajstić information content (AvgIpc) is 3.09. The van der Waals surface area contributed by atoms with Gasteiger partial charge in [-0.1, -0.05) is 24.6 Å². The van der Waals surface area contributed by atoms with Crippen molar-refractivity contribution < 1.29 is 14.0 Å². The van der Waals surface area contributed by atoms with E-state index in [0.29, 0.717) is 12.0 Å².